The Hall–Kier alpha value is -3.64. The second-order valence-electron chi connectivity index (χ2n) is 12.9. The molecule has 47 heavy (non-hydrogen) atoms. The number of hydrogen-bond donors (Lipinski definition) is 1. The molecule has 9 nitrogen and oxygen atoms in total. The quantitative estimate of drug-likeness (QED) is 0.221. The van der Waals surface area contributed by atoms with Gasteiger partial charge in [-0.15, -0.1) is 11.3 Å². The van der Waals surface area contributed by atoms with E-state index in [0.29, 0.717) is 12.5 Å². The van der Waals surface area contributed by atoms with Crippen LogP contribution in [-0.4, -0.2) is 72.0 Å². The van der Waals surface area contributed by atoms with Gasteiger partial charge in [0.2, 0.25) is 0 Å². The van der Waals surface area contributed by atoms with Crippen molar-refractivity contribution in [3.8, 4) is 29.0 Å². The second kappa shape index (κ2) is 11.2. The average molecular weight is 689 g/mol. The van der Waals surface area contributed by atoms with Crippen molar-refractivity contribution in [3.63, 3.8) is 0 Å². The third kappa shape index (κ3) is 4.76. The highest BCUT2D eigenvalue weighted by molar-refractivity contribution is 7.23. The molecule has 246 valence electrons. The van der Waals surface area contributed by atoms with Crippen LogP contribution < -0.4 is 20.1 Å². The normalized spacial score (nSPS) is 25.3. The monoisotopic (exact) mass is 688 g/mol. The maximum atomic E-state index is 17.1. The SMILES string of the molecule is C[C@H]1CN2CCC[C@@]2(COc2nc3c4c(c(Cl)c(-c5ccc(F)c6sc(N)c(C#N)c56)c(F)c4n2)OCC2CC(OC(F)F)CN32)C1. The maximum absolute atomic E-state index is 17.1. The smallest absolute Gasteiger partial charge is 0.345 e. The largest absolute Gasteiger partial charge is 0.489 e. The molecule has 4 atom stereocenters. The summed E-state index contributed by atoms with van der Waals surface area (Å²) in [6.07, 6.45) is 2.34. The van der Waals surface area contributed by atoms with E-state index in [2.05, 4.69) is 16.8 Å². The number of benzene rings is 2. The molecule has 8 rings (SSSR count). The van der Waals surface area contributed by atoms with Gasteiger partial charge in [-0.25, -0.2) is 8.78 Å². The number of anilines is 2. The van der Waals surface area contributed by atoms with Crippen LogP contribution in [0.25, 0.3) is 32.1 Å². The zero-order valence-electron chi connectivity index (χ0n) is 25.2. The fraction of sp³-hybridized carbons (Fsp3) is 0.469. The van der Waals surface area contributed by atoms with E-state index in [1.165, 1.54) is 12.1 Å². The summed E-state index contributed by atoms with van der Waals surface area (Å²) in [4.78, 5) is 13.5. The standard InChI is InChI=1S/C32H29ClF4N6O3S/c1-14-8-32(5-2-6-42(32)10-14)13-45-31-40-25-22-26(44-12-15-7-16(46-30(36)37)11-43(15)29(22)41-31)23(33)21(24(25)35)17-3-4-19(34)27-20(17)18(9-38)28(39)47-27/h3-4,14-16,30H,2,5-8,10-13,39H2,1H3/t14-,15?,16?,32+/m1/s1. The minimum absolute atomic E-state index is 0.00567. The van der Waals surface area contributed by atoms with Crippen LogP contribution in [-0.2, 0) is 4.74 Å². The molecule has 2 aromatic heterocycles. The maximum Gasteiger partial charge on any atom is 0.345 e. The van der Waals surface area contributed by atoms with Gasteiger partial charge in [-0.2, -0.15) is 24.0 Å². The van der Waals surface area contributed by atoms with Crippen LogP contribution in [0.4, 0.5) is 28.4 Å². The highest BCUT2D eigenvalue weighted by Gasteiger charge is 2.48. The van der Waals surface area contributed by atoms with Gasteiger partial charge in [0.05, 0.1) is 38.4 Å². The second-order valence-corrected chi connectivity index (χ2v) is 14.3. The summed E-state index contributed by atoms with van der Waals surface area (Å²) in [7, 11) is 0. The Kier molecular flexibility index (Phi) is 7.32. The van der Waals surface area contributed by atoms with Gasteiger partial charge >= 0.3 is 12.6 Å². The highest BCUT2D eigenvalue weighted by Crippen LogP contribution is 2.52. The number of thiophene rings is 1. The van der Waals surface area contributed by atoms with Crippen LogP contribution in [0.3, 0.4) is 0 Å². The number of ether oxygens (including phenoxy) is 3. The number of nitrogens with two attached hydrogens (primary N) is 1. The molecule has 3 fully saturated rings. The molecule has 2 aromatic carbocycles. The van der Waals surface area contributed by atoms with Gasteiger partial charge in [0.15, 0.2) is 11.6 Å². The minimum Gasteiger partial charge on any atom is -0.489 e. The predicted molar refractivity (Wildman–Crippen MR) is 169 cm³/mol. The van der Waals surface area contributed by atoms with Crippen LogP contribution in [0.5, 0.6) is 11.8 Å². The Morgan fingerprint density at radius 2 is 2.09 bits per heavy atom. The first-order valence-electron chi connectivity index (χ1n) is 15.4. The van der Waals surface area contributed by atoms with Crippen LogP contribution >= 0.6 is 22.9 Å². The van der Waals surface area contributed by atoms with E-state index in [-0.39, 0.29) is 90.4 Å². The first-order chi connectivity index (χ1) is 22.6. The third-order valence-corrected chi connectivity index (χ3v) is 11.4. The topological polar surface area (TPSA) is 110 Å². The average Bonchev–Trinajstić information content (AvgIpc) is 3.75. The molecule has 0 aliphatic carbocycles. The van der Waals surface area contributed by atoms with E-state index in [1.807, 2.05) is 6.07 Å². The Labute approximate surface area is 275 Å². The summed E-state index contributed by atoms with van der Waals surface area (Å²) in [6, 6.07) is 4.01. The Balaban J connectivity index is 1.32. The fourth-order valence-corrected chi connectivity index (χ4v) is 9.41. The summed E-state index contributed by atoms with van der Waals surface area (Å²) < 4.78 is 75.9. The third-order valence-electron chi connectivity index (χ3n) is 9.98. The number of nitrogen functional groups attached to an aromatic ring is 1. The van der Waals surface area contributed by atoms with Gasteiger partial charge in [-0.05, 0) is 49.8 Å². The summed E-state index contributed by atoms with van der Waals surface area (Å²) in [5, 5.41) is 10.1. The van der Waals surface area contributed by atoms with Crippen molar-refractivity contribution < 1.29 is 31.8 Å². The number of rotatable bonds is 6. The molecule has 4 aliphatic heterocycles. The zero-order valence-corrected chi connectivity index (χ0v) is 26.7. The lowest BCUT2D eigenvalue weighted by Gasteiger charge is -2.31. The van der Waals surface area contributed by atoms with Crippen molar-refractivity contribution in [1.82, 2.24) is 14.9 Å². The lowest BCUT2D eigenvalue weighted by atomic mass is 9.92. The lowest BCUT2D eigenvalue weighted by Crippen LogP contribution is -2.43. The molecule has 4 aromatic rings. The van der Waals surface area contributed by atoms with Gasteiger partial charge in [-0.1, -0.05) is 24.6 Å². The number of nitrogens with zero attached hydrogens (tertiary/aromatic N) is 5. The number of fused-ring (bicyclic) bond motifs is 4. The van der Waals surface area contributed by atoms with Crippen LogP contribution in [0.2, 0.25) is 5.02 Å². The fourth-order valence-electron chi connectivity index (χ4n) is 8.12. The molecule has 15 heteroatoms. The van der Waals surface area contributed by atoms with E-state index in [1.54, 1.807) is 4.90 Å². The molecule has 0 spiro atoms. The van der Waals surface area contributed by atoms with Gasteiger partial charge < -0.3 is 24.8 Å². The molecule has 4 aliphatic rings. The van der Waals surface area contributed by atoms with Crippen LogP contribution in [0, 0.1) is 28.9 Å². The van der Waals surface area contributed by atoms with Crippen LogP contribution in [0.15, 0.2) is 12.1 Å². The summed E-state index contributed by atoms with van der Waals surface area (Å²) >= 11 is 7.85. The van der Waals surface area contributed by atoms with Crippen molar-refractivity contribution >= 4 is 54.7 Å². The number of halogens is 5. The summed E-state index contributed by atoms with van der Waals surface area (Å²) in [6.45, 7) is 1.55. The van der Waals surface area contributed by atoms with E-state index >= 15 is 4.39 Å². The van der Waals surface area contributed by atoms with Gasteiger partial charge in [0, 0.05) is 24.0 Å². The molecule has 0 bridgehead atoms. The van der Waals surface area contributed by atoms with Crippen molar-refractivity contribution in [1.29, 1.82) is 5.26 Å². The molecule has 0 saturated carbocycles. The molecule has 0 radical (unpaired) electrons. The molecular formula is C32H29ClF4N6O3S. The Morgan fingerprint density at radius 1 is 1.26 bits per heavy atom. The zero-order chi connectivity index (χ0) is 32.8. The predicted octanol–water partition coefficient (Wildman–Crippen LogP) is 6.73. The molecule has 2 unspecified atom stereocenters. The first kappa shape index (κ1) is 30.7. The number of aromatic nitrogens is 2. The number of hydrogen-bond acceptors (Lipinski definition) is 10. The molecule has 0 amide bonds. The Bertz CT molecular complexity index is 1990. The highest BCUT2D eigenvalue weighted by atomic mass is 35.5. The molecule has 2 N–H and O–H groups in total. The van der Waals surface area contributed by atoms with Crippen molar-refractivity contribution in [2.45, 2.75) is 56.9 Å². The van der Waals surface area contributed by atoms with Gasteiger partial charge in [-0.3, -0.25) is 4.90 Å². The van der Waals surface area contributed by atoms with E-state index in [9.17, 15) is 18.4 Å². The molecule has 6 heterocycles. The lowest BCUT2D eigenvalue weighted by molar-refractivity contribution is -0.157. The molecule has 3 saturated heterocycles. The van der Waals surface area contributed by atoms with Crippen molar-refractivity contribution in [2.24, 2.45) is 5.92 Å². The first-order valence-corrected chi connectivity index (χ1v) is 16.6. The number of nitriles is 1. The van der Waals surface area contributed by atoms with Crippen molar-refractivity contribution in [2.75, 3.05) is 43.5 Å². The van der Waals surface area contributed by atoms with Crippen molar-refractivity contribution in [3.05, 3.63) is 34.4 Å². The minimum atomic E-state index is -2.96. The van der Waals surface area contributed by atoms with Gasteiger partial charge in [0.1, 0.15) is 41.4 Å². The summed E-state index contributed by atoms with van der Waals surface area (Å²) in [5.41, 5.74) is 5.73. The summed E-state index contributed by atoms with van der Waals surface area (Å²) in [5.74, 6) is -0.656. The van der Waals surface area contributed by atoms with E-state index in [4.69, 9.17) is 36.5 Å². The van der Waals surface area contributed by atoms with E-state index in [0.717, 1.165) is 43.7 Å². The van der Waals surface area contributed by atoms with Crippen LogP contribution in [0.1, 0.15) is 38.2 Å². The molecular weight excluding hydrogens is 660 g/mol. The Morgan fingerprint density at radius 3 is 2.87 bits per heavy atom. The number of alkyl halides is 2. The van der Waals surface area contributed by atoms with E-state index < -0.39 is 30.4 Å². The van der Waals surface area contributed by atoms with Gasteiger partial charge in [0.25, 0.3) is 0 Å².